The maximum Gasteiger partial charge on any atom is 0.201 e. The van der Waals surface area contributed by atoms with Gasteiger partial charge in [0.2, 0.25) is 5.82 Å². The summed E-state index contributed by atoms with van der Waals surface area (Å²) in [7, 11) is 0. The lowest BCUT2D eigenvalue weighted by Gasteiger charge is -2.23. The highest BCUT2D eigenvalue weighted by molar-refractivity contribution is 5.92. The maximum absolute atomic E-state index is 13.5. The second-order valence-corrected chi connectivity index (χ2v) is 8.12. The Hall–Kier alpha value is -2.96. The van der Waals surface area contributed by atoms with E-state index in [9.17, 15) is 9.18 Å². The van der Waals surface area contributed by atoms with Crippen LogP contribution < -0.4 is 0 Å². The van der Waals surface area contributed by atoms with E-state index in [1.54, 1.807) is 12.1 Å². The monoisotopic (exact) mass is 379 g/mol. The highest BCUT2D eigenvalue weighted by atomic mass is 19.1. The molecule has 3 heterocycles. The molecule has 0 fully saturated rings. The van der Waals surface area contributed by atoms with Crippen molar-refractivity contribution in [3.05, 3.63) is 46.9 Å². The Labute approximate surface area is 162 Å². The van der Waals surface area contributed by atoms with Crippen LogP contribution >= 0.6 is 0 Å². The van der Waals surface area contributed by atoms with Gasteiger partial charge in [-0.05, 0) is 71.9 Å². The van der Waals surface area contributed by atoms with E-state index in [4.69, 9.17) is 4.98 Å². The molecule has 1 aliphatic heterocycles. The number of benzene rings is 1. The number of rotatable bonds is 3. The normalized spacial score (nSPS) is 15.1. The van der Waals surface area contributed by atoms with E-state index in [-0.39, 0.29) is 17.3 Å². The fourth-order valence-corrected chi connectivity index (χ4v) is 3.87. The highest BCUT2D eigenvalue weighted by Gasteiger charge is 2.34. The average molecular weight is 379 g/mol. The SMILES string of the molecule is CC(C)c1nc2c(c(-c3ccc(F)cc3)c1C=O)CCC(C)(C)n1nnnc1-2. The number of hydrogen-bond acceptors (Lipinski definition) is 5. The molecule has 0 saturated carbocycles. The quantitative estimate of drug-likeness (QED) is 0.639. The summed E-state index contributed by atoms with van der Waals surface area (Å²) < 4.78 is 15.4. The standard InChI is InChI=1S/C21H22FN5O/c1-12(2)18-16(11-28)17(13-5-7-14(22)8-6-13)15-9-10-21(3,4)27-20(19(15)23-18)24-25-26-27/h5-8,11-12H,9-10H2,1-4H3. The molecule has 3 aromatic rings. The van der Waals surface area contributed by atoms with Crippen LogP contribution in [0.4, 0.5) is 4.39 Å². The number of hydrogen-bond donors (Lipinski definition) is 0. The first-order valence-electron chi connectivity index (χ1n) is 9.40. The van der Waals surface area contributed by atoms with E-state index in [0.29, 0.717) is 29.2 Å². The molecule has 6 nitrogen and oxygen atoms in total. The first-order valence-corrected chi connectivity index (χ1v) is 9.40. The van der Waals surface area contributed by atoms with Gasteiger partial charge in [0.25, 0.3) is 0 Å². The highest BCUT2D eigenvalue weighted by Crippen LogP contribution is 2.41. The van der Waals surface area contributed by atoms with Gasteiger partial charge in [0.05, 0.1) is 11.2 Å². The van der Waals surface area contributed by atoms with Crippen LogP contribution in [-0.2, 0) is 12.0 Å². The number of fused-ring (bicyclic) bond motifs is 3. The van der Waals surface area contributed by atoms with E-state index in [2.05, 4.69) is 29.4 Å². The number of nitrogens with zero attached hydrogens (tertiary/aromatic N) is 5. The van der Waals surface area contributed by atoms with Crippen molar-refractivity contribution in [1.29, 1.82) is 0 Å². The largest absolute Gasteiger partial charge is 0.298 e. The Morgan fingerprint density at radius 2 is 1.93 bits per heavy atom. The molecule has 7 heteroatoms. The van der Waals surface area contributed by atoms with Gasteiger partial charge in [-0.25, -0.2) is 14.1 Å². The lowest BCUT2D eigenvalue weighted by Crippen LogP contribution is -2.27. The molecule has 0 aliphatic carbocycles. The summed E-state index contributed by atoms with van der Waals surface area (Å²) in [6.07, 6.45) is 2.35. The topological polar surface area (TPSA) is 73.6 Å². The molecular weight excluding hydrogens is 357 g/mol. The number of carbonyl (C=O) groups excluding carboxylic acids is 1. The third-order valence-electron chi connectivity index (χ3n) is 5.40. The van der Waals surface area contributed by atoms with E-state index in [0.717, 1.165) is 29.4 Å². The van der Waals surface area contributed by atoms with Crippen molar-refractivity contribution >= 4 is 6.29 Å². The predicted octanol–water partition coefficient (Wildman–Crippen LogP) is 4.16. The smallest absolute Gasteiger partial charge is 0.201 e. The van der Waals surface area contributed by atoms with E-state index >= 15 is 0 Å². The number of carbonyl (C=O) groups is 1. The molecule has 1 aliphatic rings. The van der Waals surface area contributed by atoms with Gasteiger partial charge in [-0.15, -0.1) is 5.10 Å². The molecule has 28 heavy (non-hydrogen) atoms. The molecule has 0 amide bonds. The van der Waals surface area contributed by atoms with E-state index in [1.807, 2.05) is 18.5 Å². The van der Waals surface area contributed by atoms with Gasteiger partial charge in [-0.1, -0.05) is 26.0 Å². The van der Waals surface area contributed by atoms with Crippen molar-refractivity contribution in [1.82, 2.24) is 25.2 Å². The molecule has 0 N–H and O–H groups in total. The minimum absolute atomic E-state index is 0.0327. The van der Waals surface area contributed by atoms with Crippen LogP contribution in [0.1, 0.15) is 61.6 Å². The molecule has 0 radical (unpaired) electrons. The first kappa shape index (κ1) is 18.4. The van der Waals surface area contributed by atoms with Crippen molar-refractivity contribution in [2.75, 3.05) is 0 Å². The van der Waals surface area contributed by atoms with Gasteiger partial charge in [0.15, 0.2) is 6.29 Å². The van der Waals surface area contributed by atoms with Crippen LogP contribution in [0, 0.1) is 5.82 Å². The van der Waals surface area contributed by atoms with Crippen molar-refractivity contribution in [3.63, 3.8) is 0 Å². The van der Waals surface area contributed by atoms with Crippen molar-refractivity contribution in [2.45, 2.75) is 52.0 Å². The molecule has 1 aromatic carbocycles. The lowest BCUT2D eigenvalue weighted by molar-refractivity contribution is 0.112. The summed E-state index contributed by atoms with van der Waals surface area (Å²) in [5.41, 5.74) is 4.18. The van der Waals surface area contributed by atoms with Gasteiger partial charge in [0.1, 0.15) is 11.5 Å². The van der Waals surface area contributed by atoms with Crippen molar-refractivity contribution in [3.8, 4) is 22.6 Å². The minimum Gasteiger partial charge on any atom is -0.298 e. The van der Waals surface area contributed by atoms with Crippen LogP contribution in [0.25, 0.3) is 22.6 Å². The van der Waals surface area contributed by atoms with Crippen LogP contribution in [0.15, 0.2) is 24.3 Å². The van der Waals surface area contributed by atoms with Gasteiger partial charge in [-0.2, -0.15) is 0 Å². The summed E-state index contributed by atoms with van der Waals surface area (Å²) in [5, 5.41) is 12.3. The molecule has 0 saturated heterocycles. The van der Waals surface area contributed by atoms with Gasteiger partial charge in [-0.3, -0.25) is 4.79 Å². The summed E-state index contributed by atoms with van der Waals surface area (Å²) in [6.45, 7) is 8.17. The molecule has 0 bridgehead atoms. The zero-order valence-electron chi connectivity index (χ0n) is 16.4. The lowest BCUT2D eigenvalue weighted by atomic mass is 9.87. The Balaban J connectivity index is 2.11. The number of tetrazole rings is 1. The summed E-state index contributed by atoms with van der Waals surface area (Å²) in [5.74, 6) is 0.316. The van der Waals surface area contributed by atoms with Gasteiger partial charge in [0, 0.05) is 5.56 Å². The third kappa shape index (κ3) is 2.82. The summed E-state index contributed by atoms with van der Waals surface area (Å²) in [6, 6.07) is 6.25. The molecular formula is C21H22FN5O. The van der Waals surface area contributed by atoms with Crippen LogP contribution in [0.3, 0.4) is 0 Å². The Kier molecular flexibility index (Phi) is 4.33. The van der Waals surface area contributed by atoms with Gasteiger partial charge >= 0.3 is 0 Å². The van der Waals surface area contributed by atoms with Crippen LogP contribution in [0.2, 0.25) is 0 Å². The number of aromatic nitrogens is 5. The zero-order chi connectivity index (χ0) is 20.1. The predicted molar refractivity (Wildman–Crippen MR) is 104 cm³/mol. The molecule has 0 spiro atoms. The molecule has 4 rings (SSSR count). The third-order valence-corrected chi connectivity index (χ3v) is 5.40. The molecule has 0 atom stereocenters. The number of aldehydes is 1. The second kappa shape index (κ2) is 6.58. The van der Waals surface area contributed by atoms with Crippen molar-refractivity contribution in [2.24, 2.45) is 0 Å². The summed E-state index contributed by atoms with van der Waals surface area (Å²) >= 11 is 0. The molecule has 2 aromatic heterocycles. The van der Waals surface area contributed by atoms with Gasteiger partial charge < -0.3 is 0 Å². The van der Waals surface area contributed by atoms with Crippen LogP contribution in [0.5, 0.6) is 0 Å². The Morgan fingerprint density at radius 3 is 2.57 bits per heavy atom. The number of halogens is 1. The zero-order valence-corrected chi connectivity index (χ0v) is 16.4. The van der Waals surface area contributed by atoms with E-state index < -0.39 is 0 Å². The molecule has 0 unspecified atom stereocenters. The first-order chi connectivity index (χ1) is 13.3. The fourth-order valence-electron chi connectivity index (χ4n) is 3.87. The minimum atomic E-state index is -0.314. The fraction of sp³-hybridized carbons (Fsp3) is 0.381. The van der Waals surface area contributed by atoms with E-state index in [1.165, 1.54) is 12.1 Å². The second-order valence-electron chi connectivity index (χ2n) is 8.12. The maximum atomic E-state index is 13.5. The van der Waals surface area contributed by atoms with Crippen molar-refractivity contribution < 1.29 is 9.18 Å². The van der Waals surface area contributed by atoms with Crippen LogP contribution in [-0.4, -0.2) is 31.5 Å². The molecule has 144 valence electrons. The number of pyridine rings is 1. The Bertz CT molecular complexity index is 1050. The Morgan fingerprint density at radius 1 is 1.21 bits per heavy atom. The average Bonchev–Trinajstić information content (AvgIpc) is 3.13. The summed E-state index contributed by atoms with van der Waals surface area (Å²) in [4.78, 5) is 17.0.